The molecule has 2 aromatic rings. The summed E-state index contributed by atoms with van der Waals surface area (Å²) in [6.07, 6.45) is 1.76. The first-order chi connectivity index (χ1) is 10.1. The Kier molecular flexibility index (Phi) is 4.75. The molecule has 0 unspecified atom stereocenters. The SMILES string of the molecule is CCCc1nc(NN)c(C)c(Oc2cccc(C)c2C)n1. The lowest BCUT2D eigenvalue weighted by atomic mass is 10.1. The molecule has 0 saturated carbocycles. The van der Waals surface area contributed by atoms with Crippen LogP contribution in [0, 0.1) is 20.8 Å². The number of rotatable bonds is 5. The molecule has 21 heavy (non-hydrogen) atoms. The smallest absolute Gasteiger partial charge is 0.227 e. The van der Waals surface area contributed by atoms with Gasteiger partial charge in [0.2, 0.25) is 5.88 Å². The molecule has 0 aliphatic heterocycles. The lowest BCUT2D eigenvalue weighted by Crippen LogP contribution is -2.13. The number of hydrazine groups is 1. The van der Waals surface area contributed by atoms with E-state index in [1.807, 2.05) is 26.0 Å². The van der Waals surface area contributed by atoms with Gasteiger partial charge in [0.1, 0.15) is 17.4 Å². The predicted octanol–water partition coefficient (Wildman–Crippen LogP) is 3.43. The van der Waals surface area contributed by atoms with Crippen molar-refractivity contribution in [2.24, 2.45) is 5.84 Å². The molecule has 0 bridgehead atoms. The van der Waals surface area contributed by atoms with Crippen molar-refractivity contribution in [1.29, 1.82) is 0 Å². The van der Waals surface area contributed by atoms with Crippen molar-refractivity contribution in [3.63, 3.8) is 0 Å². The normalized spacial score (nSPS) is 10.5. The summed E-state index contributed by atoms with van der Waals surface area (Å²) in [5.74, 6) is 8.23. The van der Waals surface area contributed by atoms with E-state index in [1.165, 1.54) is 5.56 Å². The second-order valence-electron chi connectivity index (χ2n) is 5.11. The minimum Gasteiger partial charge on any atom is -0.438 e. The summed E-state index contributed by atoms with van der Waals surface area (Å²) >= 11 is 0. The molecule has 0 fully saturated rings. The van der Waals surface area contributed by atoms with Crippen LogP contribution in [-0.4, -0.2) is 9.97 Å². The maximum absolute atomic E-state index is 6.00. The van der Waals surface area contributed by atoms with Crippen LogP contribution in [0.5, 0.6) is 11.6 Å². The number of ether oxygens (including phenoxy) is 1. The molecule has 0 spiro atoms. The third-order valence-corrected chi connectivity index (χ3v) is 3.52. The van der Waals surface area contributed by atoms with Crippen LogP contribution < -0.4 is 16.0 Å². The Labute approximate surface area is 125 Å². The van der Waals surface area contributed by atoms with Gasteiger partial charge in [-0.2, -0.15) is 4.98 Å². The Bertz CT molecular complexity index is 640. The number of nitrogens with zero attached hydrogens (tertiary/aromatic N) is 2. The van der Waals surface area contributed by atoms with Crippen molar-refractivity contribution in [3.05, 3.63) is 40.7 Å². The van der Waals surface area contributed by atoms with E-state index < -0.39 is 0 Å². The van der Waals surface area contributed by atoms with Gasteiger partial charge in [0.05, 0.1) is 5.56 Å². The third kappa shape index (κ3) is 3.31. The van der Waals surface area contributed by atoms with E-state index >= 15 is 0 Å². The number of hydrogen-bond donors (Lipinski definition) is 2. The van der Waals surface area contributed by atoms with Crippen LogP contribution >= 0.6 is 0 Å². The van der Waals surface area contributed by atoms with Crippen LogP contribution in [-0.2, 0) is 6.42 Å². The average molecular weight is 286 g/mol. The molecule has 0 aliphatic rings. The molecular formula is C16H22N4O. The summed E-state index contributed by atoms with van der Waals surface area (Å²) in [5.41, 5.74) is 5.71. The minimum absolute atomic E-state index is 0.551. The first-order valence-corrected chi connectivity index (χ1v) is 7.15. The van der Waals surface area contributed by atoms with Crippen LogP contribution in [0.15, 0.2) is 18.2 Å². The lowest BCUT2D eigenvalue weighted by molar-refractivity contribution is 0.451. The van der Waals surface area contributed by atoms with Gasteiger partial charge < -0.3 is 10.2 Å². The van der Waals surface area contributed by atoms with Crippen molar-refractivity contribution in [1.82, 2.24) is 9.97 Å². The standard InChI is InChI=1S/C16H22N4O/c1-5-7-14-18-15(20-17)12(4)16(19-14)21-13-9-6-8-10(2)11(13)3/h6,8-9H,5,7,17H2,1-4H3,(H,18,19,20). The van der Waals surface area contributed by atoms with Crippen molar-refractivity contribution >= 4 is 5.82 Å². The molecule has 0 aliphatic carbocycles. The molecule has 1 heterocycles. The maximum Gasteiger partial charge on any atom is 0.227 e. The fourth-order valence-electron chi connectivity index (χ4n) is 2.05. The van der Waals surface area contributed by atoms with Crippen LogP contribution in [0.2, 0.25) is 0 Å². The number of hydrogen-bond acceptors (Lipinski definition) is 5. The van der Waals surface area contributed by atoms with E-state index in [0.29, 0.717) is 11.7 Å². The highest BCUT2D eigenvalue weighted by molar-refractivity contribution is 5.50. The summed E-state index contributed by atoms with van der Waals surface area (Å²) in [6.45, 7) is 8.08. The minimum atomic E-state index is 0.551. The van der Waals surface area contributed by atoms with Crippen LogP contribution in [0.25, 0.3) is 0 Å². The molecule has 0 amide bonds. The number of anilines is 1. The van der Waals surface area contributed by atoms with Crippen LogP contribution in [0.4, 0.5) is 5.82 Å². The first-order valence-electron chi connectivity index (χ1n) is 7.15. The summed E-state index contributed by atoms with van der Waals surface area (Å²) < 4.78 is 6.00. The van der Waals surface area contributed by atoms with Gasteiger partial charge in [0, 0.05) is 6.42 Å². The van der Waals surface area contributed by atoms with E-state index in [1.54, 1.807) is 0 Å². The van der Waals surface area contributed by atoms with Gasteiger partial charge in [-0.3, -0.25) is 0 Å². The van der Waals surface area contributed by atoms with Crippen LogP contribution in [0.1, 0.15) is 35.9 Å². The predicted molar refractivity (Wildman–Crippen MR) is 84.6 cm³/mol. The average Bonchev–Trinajstić information content (AvgIpc) is 2.47. The highest BCUT2D eigenvalue weighted by Gasteiger charge is 2.13. The van der Waals surface area contributed by atoms with E-state index in [-0.39, 0.29) is 0 Å². The number of aryl methyl sites for hydroxylation is 2. The molecule has 1 aromatic carbocycles. The zero-order chi connectivity index (χ0) is 15.4. The number of nitrogens with one attached hydrogen (secondary N) is 1. The Morgan fingerprint density at radius 3 is 2.57 bits per heavy atom. The molecular weight excluding hydrogens is 264 g/mol. The molecule has 0 atom stereocenters. The molecule has 3 N–H and O–H groups in total. The van der Waals surface area contributed by atoms with E-state index in [4.69, 9.17) is 10.6 Å². The Morgan fingerprint density at radius 2 is 1.90 bits per heavy atom. The van der Waals surface area contributed by atoms with Crippen LogP contribution in [0.3, 0.4) is 0 Å². The highest BCUT2D eigenvalue weighted by Crippen LogP contribution is 2.30. The molecule has 0 saturated heterocycles. The van der Waals surface area contributed by atoms with Gasteiger partial charge >= 0.3 is 0 Å². The number of benzene rings is 1. The van der Waals surface area contributed by atoms with Gasteiger partial charge in [0.25, 0.3) is 0 Å². The van der Waals surface area contributed by atoms with Crippen molar-refractivity contribution in [2.75, 3.05) is 5.43 Å². The second kappa shape index (κ2) is 6.54. The molecule has 1 aromatic heterocycles. The van der Waals surface area contributed by atoms with E-state index in [9.17, 15) is 0 Å². The fourth-order valence-corrected chi connectivity index (χ4v) is 2.05. The summed E-state index contributed by atoms with van der Waals surface area (Å²) in [7, 11) is 0. The van der Waals surface area contributed by atoms with Gasteiger partial charge in [-0.1, -0.05) is 19.1 Å². The fraction of sp³-hybridized carbons (Fsp3) is 0.375. The molecule has 112 valence electrons. The first kappa shape index (κ1) is 15.3. The van der Waals surface area contributed by atoms with E-state index in [2.05, 4.69) is 35.3 Å². The third-order valence-electron chi connectivity index (χ3n) is 3.52. The molecule has 0 radical (unpaired) electrons. The van der Waals surface area contributed by atoms with Crippen molar-refractivity contribution in [2.45, 2.75) is 40.5 Å². The Morgan fingerprint density at radius 1 is 1.14 bits per heavy atom. The molecule has 5 heteroatoms. The lowest BCUT2D eigenvalue weighted by Gasteiger charge is -2.14. The molecule has 5 nitrogen and oxygen atoms in total. The summed E-state index contributed by atoms with van der Waals surface area (Å²) in [6, 6.07) is 5.98. The Balaban J connectivity index is 2.42. The molecule has 2 rings (SSSR count). The van der Waals surface area contributed by atoms with Gasteiger partial charge in [0.15, 0.2) is 0 Å². The van der Waals surface area contributed by atoms with Crippen molar-refractivity contribution < 1.29 is 4.74 Å². The zero-order valence-electron chi connectivity index (χ0n) is 13.0. The van der Waals surface area contributed by atoms with Gasteiger partial charge in [-0.05, 0) is 44.4 Å². The van der Waals surface area contributed by atoms with Gasteiger partial charge in [-0.25, -0.2) is 10.8 Å². The van der Waals surface area contributed by atoms with E-state index in [0.717, 1.165) is 35.5 Å². The number of aromatic nitrogens is 2. The van der Waals surface area contributed by atoms with Gasteiger partial charge in [-0.15, -0.1) is 0 Å². The summed E-state index contributed by atoms with van der Waals surface area (Å²) in [5, 5.41) is 0. The largest absolute Gasteiger partial charge is 0.438 e. The second-order valence-corrected chi connectivity index (χ2v) is 5.11. The monoisotopic (exact) mass is 286 g/mol. The zero-order valence-corrected chi connectivity index (χ0v) is 13.0. The maximum atomic E-state index is 6.00. The van der Waals surface area contributed by atoms with Crippen molar-refractivity contribution in [3.8, 4) is 11.6 Å². The highest BCUT2D eigenvalue weighted by atomic mass is 16.5. The topological polar surface area (TPSA) is 73.1 Å². The summed E-state index contributed by atoms with van der Waals surface area (Å²) in [4.78, 5) is 8.90. The quantitative estimate of drug-likeness (QED) is 0.650. The Hall–Kier alpha value is -2.14. The number of nitrogen functional groups attached to an aromatic ring is 1. The number of nitrogens with two attached hydrogens (primary N) is 1.